The monoisotopic (exact) mass is 194 g/mol. The molecule has 0 bridgehead atoms. The largest absolute Gasteiger partial charge is 0.434 e. The lowest BCUT2D eigenvalue weighted by Crippen LogP contribution is -2.05. The van der Waals surface area contributed by atoms with Crippen molar-refractivity contribution in [2.45, 2.75) is 19.5 Å². The zero-order chi connectivity index (χ0) is 9.19. The van der Waals surface area contributed by atoms with Crippen molar-refractivity contribution < 1.29 is 13.2 Å². The summed E-state index contributed by atoms with van der Waals surface area (Å²) in [6, 6.07) is 0. The highest BCUT2D eigenvalue weighted by Gasteiger charge is 2.33. The molecule has 1 radical (unpaired) electrons. The lowest BCUT2D eigenvalue weighted by Gasteiger charge is -1.99. The minimum atomic E-state index is -4.31. The van der Waals surface area contributed by atoms with E-state index in [4.69, 9.17) is 0 Å². The first-order valence-corrected chi connectivity index (χ1v) is 4.28. The Morgan fingerprint density at radius 3 is 2.67 bits per heavy atom. The zero-order valence-corrected chi connectivity index (χ0v) is 7.17. The van der Waals surface area contributed by atoms with E-state index in [1.807, 2.05) is 6.92 Å². The molecule has 67 valence electrons. The minimum Gasteiger partial charge on any atom is -0.236 e. The molecule has 0 saturated carbocycles. The Hall–Kier alpha value is -0.580. The molecular formula is C7H7F3NS. The first-order valence-electron chi connectivity index (χ1n) is 3.40. The maximum atomic E-state index is 12.0. The molecule has 0 amide bonds. The minimum absolute atomic E-state index is 0.435. The normalized spacial score (nSPS) is 12.0. The van der Waals surface area contributed by atoms with Gasteiger partial charge in [-0.3, -0.25) is 0 Å². The van der Waals surface area contributed by atoms with Crippen LogP contribution >= 0.6 is 11.3 Å². The number of hydrogen-bond acceptors (Lipinski definition) is 2. The van der Waals surface area contributed by atoms with Crippen LogP contribution < -0.4 is 0 Å². The Bertz CT molecular complexity index is 253. The summed E-state index contributed by atoms with van der Waals surface area (Å²) in [5, 5.41) is 1.46. The van der Waals surface area contributed by atoms with E-state index in [9.17, 15) is 13.2 Å². The lowest BCUT2D eigenvalue weighted by atomic mass is 10.3. The smallest absolute Gasteiger partial charge is 0.236 e. The third-order valence-corrected chi connectivity index (χ3v) is 2.03. The molecular weight excluding hydrogens is 187 g/mol. The van der Waals surface area contributed by atoms with Crippen LogP contribution in [0.4, 0.5) is 13.2 Å². The van der Waals surface area contributed by atoms with Crippen molar-refractivity contribution in [3.05, 3.63) is 22.5 Å². The van der Waals surface area contributed by atoms with Gasteiger partial charge in [-0.05, 0) is 6.42 Å². The molecule has 0 aliphatic rings. The molecule has 0 spiro atoms. The molecule has 1 aromatic heterocycles. The highest BCUT2D eigenvalue weighted by Crippen LogP contribution is 2.30. The third-order valence-electron chi connectivity index (χ3n) is 1.19. The summed E-state index contributed by atoms with van der Waals surface area (Å²) in [4.78, 5) is 3.41. The molecule has 1 nitrogen and oxygen atoms in total. The second-order valence-corrected chi connectivity index (χ2v) is 3.07. The molecule has 0 aliphatic heterocycles. The van der Waals surface area contributed by atoms with E-state index in [0.717, 1.165) is 16.7 Å². The van der Waals surface area contributed by atoms with E-state index in [-0.39, 0.29) is 0 Å². The van der Waals surface area contributed by atoms with Gasteiger partial charge in [0.05, 0.1) is 5.01 Å². The summed E-state index contributed by atoms with van der Waals surface area (Å²) < 4.78 is 35.9. The van der Waals surface area contributed by atoms with Crippen LogP contribution in [0.3, 0.4) is 0 Å². The highest BCUT2D eigenvalue weighted by molar-refractivity contribution is 7.09. The maximum absolute atomic E-state index is 12.0. The topological polar surface area (TPSA) is 12.9 Å². The van der Waals surface area contributed by atoms with Crippen LogP contribution in [-0.2, 0) is 6.18 Å². The predicted octanol–water partition coefficient (Wildman–Crippen LogP) is 3.12. The van der Waals surface area contributed by atoms with Crippen molar-refractivity contribution >= 4 is 11.3 Å². The van der Waals surface area contributed by atoms with Crippen molar-refractivity contribution in [1.29, 1.82) is 0 Å². The van der Waals surface area contributed by atoms with Crippen LogP contribution in [0.1, 0.15) is 24.0 Å². The van der Waals surface area contributed by atoms with Crippen LogP contribution in [-0.4, -0.2) is 4.98 Å². The van der Waals surface area contributed by atoms with Gasteiger partial charge in [0.1, 0.15) is 0 Å². The Balaban J connectivity index is 2.77. The number of aromatic nitrogens is 1. The second-order valence-electron chi connectivity index (χ2n) is 2.18. The van der Waals surface area contributed by atoms with E-state index in [0.29, 0.717) is 11.4 Å². The van der Waals surface area contributed by atoms with Gasteiger partial charge in [-0.15, -0.1) is 11.3 Å². The van der Waals surface area contributed by atoms with Crippen molar-refractivity contribution in [2.75, 3.05) is 0 Å². The summed E-state index contributed by atoms with van der Waals surface area (Å²) in [6.45, 7) is 1.86. The van der Waals surface area contributed by atoms with Gasteiger partial charge in [0.25, 0.3) is 0 Å². The lowest BCUT2D eigenvalue weighted by molar-refractivity contribution is -0.140. The van der Waals surface area contributed by atoms with E-state index in [1.54, 1.807) is 6.42 Å². The Kier molecular flexibility index (Phi) is 2.72. The van der Waals surface area contributed by atoms with Gasteiger partial charge >= 0.3 is 6.18 Å². The first kappa shape index (κ1) is 9.51. The van der Waals surface area contributed by atoms with Crippen molar-refractivity contribution in [1.82, 2.24) is 4.98 Å². The van der Waals surface area contributed by atoms with E-state index >= 15 is 0 Å². The second kappa shape index (κ2) is 3.43. The summed E-state index contributed by atoms with van der Waals surface area (Å²) >= 11 is 1.01. The van der Waals surface area contributed by atoms with E-state index in [1.165, 1.54) is 0 Å². The molecule has 5 heteroatoms. The van der Waals surface area contributed by atoms with Crippen LogP contribution in [0.15, 0.2) is 5.38 Å². The summed E-state index contributed by atoms with van der Waals surface area (Å²) in [6.07, 6.45) is -1.94. The highest BCUT2D eigenvalue weighted by atomic mass is 32.1. The third kappa shape index (κ3) is 2.20. The first-order chi connectivity index (χ1) is 5.54. The molecule has 0 saturated heterocycles. The average molecular weight is 194 g/mol. The SMILES string of the molecule is CC[CH]c1nc(C(F)(F)F)cs1. The van der Waals surface area contributed by atoms with Gasteiger partial charge in [0.15, 0.2) is 5.69 Å². The van der Waals surface area contributed by atoms with Gasteiger partial charge in [-0.2, -0.15) is 13.2 Å². The molecule has 0 unspecified atom stereocenters. The average Bonchev–Trinajstić information content (AvgIpc) is 2.35. The van der Waals surface area contributed by atoms with Gasteiger partial charge < -0.3 is 0 Å². The van der Waals surface area contributed by atoms with Crippen LogP contribution in [0.5, 0.6) is 0 Å². The zero-order valence-electron chi connectivity index (χ0n) is 6.35. The van der Waals surface area contributed by atoms with E-state index < -0.39 is 11.9 Å². The number of nitrogens with zero attached hydrogens (tertiary/aromatic N) is 1. The fraction of sp³-hybridized carbons (Fsp3) is 0.429. The quantitative estimate of drug-likeness (QED) is 0.704. The van der Waals surface area contributed by atoms with Crippen LogP contribution in [0.2, 0.25) is 0 Å². The molecule has 0 aromatic carbocycles. The van der Waals surface area contributed by atoms with Crippen LogP contribution in [0, 0.1) is 6.42 Å². The van der Waals surface area contributed by atoms with Crippen molar-refractivity contribution in [2.24, 2.45) is 0 Å². The molecule has 1 rings (SSSR count). The maximum Gasteiger partial charge on any atom is 0.434 e. The standard InChI is InChI=1S/C7H7F3NS/c1-2-3-6-11-5(4-12-6)7(8,9)10/h3-4H,2H2,1H3. The molecule has 0 aliphatic carbocycles. The number of halogens is 3. The predicted molar refractivity (Wildman–Crippen MR) is 40.8 cm³/mol. The molecule has 1 aromatic rings. The van der Waals surface area contributed by atoms with Crippen LogP contribution in [0.25, 0.3) is 0 Å². The number of alkyl halides is 3. The number of thiazole rings is 1. The summed E-state index contributed by atoms with van der Waals surface area (Å²) in [7, 11) is 0. The molecule has 1 heterocycles. The summed E-state index contributed by atoms with van der Waals surface area (Å²) in [5.74, 6) is 0. The molecule has 0 N–H and O–H groups in total. The van der Waals surface area contributed by atoms with Crippen molar-refractivity contribution in [3.63, 3.8) is 0 Å². The number of rotatable bonds is 2. The van der Waals surface area contributed by atoms with E-state index in [2.05, 4.69) is 4.98 Å². The molecule has 12 heavy (non-hydrogen) atoms. The Morgan fingerprint density at radius 2 is 2.25 bits per heavy atom. The fourth-order valence-corrected chi connectivity index (χ4v) is 1.52. The van der Waals surface area contributed by atoms with Gasteiger partial charge in [0.2, 0.25) is 0 Å². The van der Waals surface area contributed by atoms with Gasteiger partial charge in [-0.25, -0.2) is 4.98 Å². The van der Waals surface area contributed by atoms with Gasteiger partial charge in [0, 0.05) is 11.8 Å². The number of hydrogen-bond donors (Lipinski definition) is 0. The van der Waals surface area contributed by atoms with Crippen molar-refractivity contribution in [3.8, 4) is 0 Å². The molecule has 0 atom stereocenters. The Labute approximate surface area is 72.2 Å². The fourth-order valence-electron chi connectivity index (χ4n) is 0.686. The summed E-state index contributed by atoms with van der Waals surface area (Å²) in [5.41, 5.74) is -0.799. The molecule has 0 fully saturated rings. The Morgan fingerprint density at radius 1 is 1.58 bits per heavy atom. The van der Waals surface area contributed by atoms with Gasteiger partial charge in [-0.1, -0.05) is 6.92 Å².